The third kappa shape index (κ3) is 4.25. The molecule has 0 aliphatic carbocycles. The molecule has 1 amide bonds. The molecule has 0 aliphatic heterocycles. The number of carbonyl (C=O) groups is 2. The van der Waals surface area contributed by atoms with Gasteiger partial charge in [-0.05, 0) is 42.3 Å². The lowest BCUT2D eigenvalue weighted by atomic mass is 10.1. The largest absolute Gasteiger partial charge is 0.478 e. The van der Waals surface area contributed by atoms with Crippen molar-refractivity contribution in [3.63, 3.8) is 0 Å². The minimum atomic E-state index is -1.01. The maximum atomic E-state index is 12.0. The fraction of sp³-hybridized carbons (Fsp3) is 0.133. The van der Waals surface area contributed by atoms with Gasteiger partial charge in [-0.1, -0.05) is 0 Å². The summed E-state index contributed by atoms with van der Waals surface area (Å²) >= 11 is 1.25. The Morgan fingerprint density at radius 1 is 1.38 bits per heavy atom. The quantitative estimate of drug-likeness (QED) is 0.832. The van der Waals surface area contributed by atoms with Crippen molar-refractivity contribution >= 4 is 29.3 Å². The number of carboxylic acid groups (broad SMARTS) is 1. The lowest BCUT2D eigenvalue weighted by molar-refractivity contribution is -0.131. The van der Waals surface area contributed by atoms with Crippen LogP contribution in [0.1, 0.15) is 25.7 Å². The second-order valence-electron chi connectivity index (χ2n) is 4.36. The third-order valence-corrected chi connectivity index (χ3v) is 3.87. The Morgan fingerprint density at radius 3 is 2.90 bits per heavy atom. The highest BCUT2D eigenvalue weighted by Crippen LogP contribution is 2.18. The lowest BCUT2D eigenvalue weighted by Gasteiger charge is -2.06. The molecule has 0 atom stereocenters. The number of aromatic nitrogens is 1. The predicted molar refractivity (Wildman–Crippen MR) is 81.1 cm³/mol. The fourth-order valence-corrected chi connectivity index (χ4v) is 2.51. The van der Waals surface area contributed by atoms with Crippen molar-refractivity contribution < 1.29 is 14.7 Å². The van der Waals surface area contributed by atoms with Gasteiger partial charge < -0.3 is 10.4 Å². The van der Waals surface area contributed by atoms with E-state index in [1.807, 2.05) is 13.0 Å². The molecular formula is C15H14N2O3S. The number of hydrogen-bond donors (Lipinski definition) is 2. The van der Waals surface area contributed by atoms with Gasteiger partial charge in [0.2, 0.25) is 0 Å². The van der Waals surface area contributed by atoms with Crippen LogP contribution in [-0.4, -0.2) is 22.0 Å². The molecule has 0 aliphatic rings. The molecule has 2 N–H and O–H groups in total. The van der Waals surface area contributed by atoms with Crippen LogP contribution in [0.4, 0.5) is 0 Å². The normalized spacial score (nSPS) is 10.7. The molecule has 108 valence electrons. The molecule has 0 saturated carbocycles. The number of aliphatic carboxylic acids is 1. The van der Waals surface area contributed by atoms with Crippen LogP contribution < -0.4 is 5.32 Å². The summed E-state index contributed by atoms with van der Waals surface area (Å²) in [6.45, 7) is 2.37. The van der Waals surface area contributed by atoms with Gasteiger partial charge in [0.1, 0.15) is 0 Å². The molecule has 2 rings (SSSR count). The molecule has 0 bridgehead atoms. The summed E-state index contributed by atoms with van der Waals surface area (Å²) in [4.78, 5) is 27.7. The fourth-order valence-electron chi connectivity index (χ4n) is 1.68. The maximum Gasteiger partial charge on any atom is 0.328 e. The van der Waals surface area contributed by atoms with Crippen molar-refractivity contribution in [3.05, 3.63) is 57.6 Å². The van der Waals surface area contributed by atoms with E-state index in [0.717, 1.165) is 22.1 Å². The molecule has 0 fully saturated rings. The number of carbonyl (C=O) groups excluding carboxylic acids is 1. The highest BCUT2D eigenvalue weighted by Gasteiger charge is 2.08. The SMILES string of the molecule is Cc1cnccc1CNC(=O)c1ccc(/C=C/C(=O)O)s1. The Balaban J connectivity index is 1.98. The van der Waals surface area contributed by atoms with Gasteiger partial charge in [0.05, 0.1) is 4.88 Å². The van der Waals surface area contributed by atoms with Gasteiger partial charge in [0, 0.05) is 29.9 Å². The maximum absolute atomic E-state index is 12.0. The molecule has 0 spiro atoms. The number of carboxylic acids is 1. The zero-order chi connectivity index (χ0) is 15.2. The van der Waals surface area contributed by atoms with Gasteiger partial charge in [0.25, 0.3) is 5.91 Å². The number of aryl methyl sites for hydroxylation is 1. The van der Waals surface area contributed by atoms with E-state index in [2.05, 4.69) is 10.3 Å². The van der Waals surface area contributed by atoms with E-state index in [1.54, 1.807) is 24.5 Å². The van der Waals surface area contributed by atoms with Crippen LogP contribution in [-0.2, 0) is 11.3 Å². The third-order valence-electron chi connectivity index (χ3n) is 2.82. The number of nitrogens with one attached hydrogen (secondary N) is 1. The first-order valence-corrected chi connectivity index (χ1v) is 7.06. The van der Waals surface area contributed by atoms with E-state index in [9.17, 15) is 9.59 Å². The van der Waals surface area contributed by atoms with E-state index in [0.29, 0.717) is 11.4 Å². The number of hydrogen-bond acceptors (Lipinski definition) is 4. The number of pyridine rings is 1. The van der Waals surface area contributed by atoms with E-state index in [4.69, 9.17) is 5.11 Å². The first-order chi connectivity index (χ1) is 10.1. The second-order valence-corrected chi connectivity index (χ2v) is 5.47. The lowest BCUT2D eigenvalue weighted by Crippen LogP contribution is -2.22. The highest BCUT2D eigenvalue weighted by molar-refractivity contribution is 7.14. The smallest absolute Gasteiger partial charge is 0.328 e. The number of nitrogens with zero attached hydrogens (tertiary/aromatic N) is 1. The van der Waals surface area contributed by atoms with E-state index >= 15 is 0 Å². The summed E-state index contributed by atoms with van der Waals surface area (Å²) in [6, 6.07) is 5.27. The molecule has 21 heavy (non-hydrogen) atoms. The van der Waals surface area contributed by atoms with Crippen LogP contribution in [0, 0.1) is 6.92 Å². The Labute approximate surface area is 126 Å². The molecule has 5 nitrogen and oxygen atoms in total. The van der Waals surface area contributed by atoms with Crippen LogP contribution in [0.15, 0.2) is 36.7 Å². The van der Waals surface area contributed by atoms with Crippen LogP contribution in [0.5, 0.6) is 0 Å². The Morgan fingerprint density at radius 2 is 2.19 bits per heavy atom. The molecule has 2 heterocycles. The molecule has 2 aromatic heterocycles. The second kappa shape index (κ2) is 6.81. The zero-order valence-electron chi connectivity index (χ0n) is 11.4. The first-order valence-electron chi connectivity index (χ1n) is 6.25. The van der Waals surface area contributed by atoms with Gasteiger partial charge in [-0.25, -0.2) is 4.79 Å². The Hall–Kier alpha value is -2.47. The molecule has 6 heteroatoms. The molecule has 0 unspecified atom stereocenters. The van der Waals surface area contributed by atoms with Crippen molar-refractivity contribution in [1.82, 2.24) is 10.3 Å². The average Bonchev–Trinajstić information content (AvgIpc) is 2.93. The minimum absolute atomic E-state index is 0.175. The molecule has 2 aromatic rings. The standard InChI is InChI=1S/C15H14N2O3S/c1-10-8-16-7-6-11(10)9-17-15(20)13-4-2-12(21-13)3-5-14(18)19/h2-8H,9H2,1H3,(H,17,20)(H,18,19)/b5-3+. The van der Waals surface area contributed by atoms with Crippen LogP contribution in [0.3, 0.4) is 0 Å². The number of thiophene rings is 1. The van der Waals surface area contributed by atoms with Crippen molar-refractivity contribution in [1.29, 1.82) is 0 Å². The van der Waals surface area contributed by atoms with Crippen LogP contribution in [0.2, 0.25) is 0 Å². The summed E-state index contributed by atoms with van der Waals surface area (Å²) in [5.74, 6) is -1.19. The summed E-state index contributed by atoms with van der Waals surface area (Å²) < 4.78 is 0. The molecular weight excluding hydrogens is 288 g/mol. The van der Waals surface area contributed by atoms with Gasteiger partial charge in [-0.3, -0.25) is 9.78 Å². The monoisotopic (exact) mass is 302 g/mol. The predicted octanol–water partition coefficient (Wildman–Crippen LogP) is 2.48. The minimum Gasteiger partial charge on any atom is -0.478 e. The van der Waals surface area contributed by atoms with Crippen LogP contribution in [0.25, 0.3) is 6.08 Å². The van der Waals surface area contributed by atoms with Gasteiger partial charge in [-0.2, -0.15) is 0 Å². The molecule has 0 saturated heterocycles. The average molecular weight is 302 g/mol. The summed E-state index contributed by atoms with van der Waals surface area (Å²) in [6.07, 6.45) is 5.96. The van der Waals surface area contributed by atoms with Crippen LogP contribution >= 0.6 is 11.3 Å². The zero-order valence-corrected chi connectivity index (χ0v) is 12.2. The van der Waals surface area contributed by atoms with Crippen molar-refractivity contribution in [2.75, 3.05) is 0 Å². The van der Waals surface area contributed by atoms with Crippen molar-refractivity contribution in [2.24, 2.45) is 0 Å². The number of rotatable bonds is 5. The van der Waals surface area contributed by atoms with E-state index in [1.165, 1.54) is 17.4 Å². The number of amides is 1. The Kier molecular flexibility index (Phi) is 4.84. The van der Waals surface area contributed by atoms with Gasteiger partial charge >= 0.3 is 5.97 Å². The molecule has 0 radical (unpaired) electrons. The van der Waals surface area contributed by atoms with Gasteiger partial charge in [-0.15, -0.1) is 11.3 Å². The molecule has 0 aromatic carbocycles. The van der Waals surface area contributed by atoms with Crippen molar-refractivity contribution in [3.8, 4) is 0 Å². The highest BCUT2D eigenvalue weighted by atomic mass is 32.1. The summed E-state index contributed by atoms with van der Waals surface area (Å²) in [5.41, 5.74) is 2.04. The Bertz CT molecular complexity index is 692. The van der Waals surface area contributed by atoms with Crippen molar-refractivity contribution in [2.45, 2.75) is 13.5 Å². The van der Waals surface area contributed by atoms with Gasteiger partial charge in [0.15, 0.2) is 0 Å². The van der Waals surface area contributed by atoms with E-state index in [-0.39, 0.29) is 5.91 Å². The summed E-state index contributed by atoms with van der Waals surface area (Å²) in [5, 5.41) is 11.4. The summed E-state index contributed by atoms with van der Waals surface area (Å²) in [7, 11) is 0. The van der Waals surface area contributed by atoms with E-state index < -0.39 is 5.97 Å². The topological polar surface area (TPSA) is 79.3 Å². The first kappa shape index (κ1) is 14.9.